The van der Waals surface area contributed by atoms with E-state index >= 15 is 0 Å². The number of hydrogen-bond acceptors (Lipinski definition) is 5. The predicted octanol–water partition coefficient (Wildman–Crippen LogP) is 3.76. The van der Waals surface area contributed by atoms with Gasteiger partial charge in [-0.15, -0.1) is 0 Å². The molecule has 0 atom stereocenters. The van der Waals surface area contributed by atoms with Gasteiger partial charge in [0.25, 0.3) is 5.56 Å². The van der Waals surface area contributed by atoms with Gasteiger partial charge >= 0.3 is 0 Å². The lowest BCUT2D eigenvalue weighted by molar-refractivity contribution is 0.557. The van der Waals surface area contributed by atoms with Crippen molar-refractivity contribution >= 4 is 9.84 Å². The van der Waals surface area contributed by atoms with Gasteiger partial charge in [-0.05, 0) is 41.5 Å². The molecule has 0 aliphatic carbocycles. The normalized spacial score (nSPS) is 11.5. The van der Waals surface area contributed by atoms with E-state index < -0.39 is 15.7 Å². The van der Waals surface area contributed by atoms with Gasteiger partial charge in [-0.3, -0.25) is 4.79 Å². The lowest BCUT2D eigenvalue weighted by Crippen LogP contribution is -2.25. The van der Waals surface area contributed by atoms with E-state index in [1.807, 2.05) is 0 Å². The second-order valence-corrected chi connectivity index (χ2v) is 8.85. The van der Waals surface area contributed by atoms with Crippen LogP contribution in [0.5, 0.6) is 0 Å². The van der Waals surface area contributed by atoms with E-state index in [0.717, 1.165) is 11.8 Å². The van der Waals surface area contributed by atoms with Crippen LogP contribution < -0.4 is 5.56 Å². The average molecular weight is 424 g/mol. The van der Waals surface area contributed by atoms with E-state index in [1.54, 1.807) is 24.4 Å². The first kappa shape index (κ1) is 19.8. The smallest absolute Gasteiger partial charge is 0.275 e. The summed E-state index contributed by atoms with van der Waals surface area (Å²) in [5.74, 6) is -0.411. The maximum atomic E-state index is 13.5. The topological polar surface area (TPSA) is 82.2 Å². The van der Waals surface area contributed by atoms with Crippen molar-refractivity contribution in [2.45, 2.75) is 11.4 Å². The number of benzene rings is 2. The van der Waals surface area contributed by atoms with Crippen molar-refractivity contribution < 1.29 is 17.2 Å². The number of furan rings is 1. The van der Waals surface area contributed by atoms with Crippen LogP contribution in [0.15, 0.2) is 87.4 Å². The zero-order chi connectivity index (χ0) is 21.3. The molecule has 0 saturated heterocycles. The molecule has 0 amide bonds. The molecule has 0 aliphatic rings. The number of halogens is 1. The number of aromatic nitrogens is 2. The molecule has 0 spiro atoms. The fourth-order valence-electron chi connectivity index (χ4n) is 3.15. The summed E-state index contributed by atoms with van der Waals surface area (Å²) in [6, 6.07) is 13.6. The van der Waals surface area contributed by atoms with E-state index in [2.05, 4.69) is 5.10 Å². The van der Waals surface area contributed by atoms with Crippen LogP contribution in [0.3, 0.4) is 0 Å². The Morgan fingerprint density at radius 3 is 2.27 bits per heavy atom. The van der Waals surface area contributed by atoms with Crippen LogP contribution >= 0.6 is 0 Å². The van der Waals surface area contributed by atoms with Crippen molar-refractivity contribution in [3.63, 3.8) is 0 Å². The molecule has 4 aromatic rings. The Bertz CT molecular complexity index is 1340. The Kier molecular flexibility index (Phi) is 5.09. The molecular weight excluding hydrogens is 407 g/mol. The fraction of sp³-hybridized carbons (Fsp3) is 0.0909. The highest BCUT2D eigenvalue weighted by Crippen LogP contribution is 2.29. The molecule has 0 aliphatic heterocycles. The molecule has 0 radical (unpaired) electrons. The summed E-state index contributed by atoms with van der Waals surface area (Å²) in [7, 11) is -3.34. The van der Waals surface area contributed by atoms with Crippen molar-refractivity contribution in [1.29, 1.82) is 0 Å². The van der Waals surface area contributed by atoms with E-state index in [4.69, 9.17) is 4.42 Å². The predicted molar refractivity (Wildman–Crippen MR) is 110 cm³/mol. The number of sulfone groups is 1. The molecule has 2 aromatic carbocycles. The minimum Gasteiger partial charge on any atom is -0.472 e. The third-order valence-corrected chi connectivity index (χ3v) is 5.81. The highest BCUT2D eigenvalue weighted by molar-refractivity contribution is 7.90. The summed E-state index contributed by atoms with van der Waals surface area (Å²) < 4.78 is 43.3. The first-order chi connectivity index (χ1) is 14.3. The summed E-state index contributed by atoms with van der Waals surface area (Å²) in [5, 5.41) is 4.27. The molecule has 0 saturated carbocycles. The first-order valence-electron chi connectivity index (χ1n) is 9.00. The molecule has 6 nitrogen and oxygen atoms in total. The summed E-state index contributed by atoms with van der Waals surface area (Å²) in [6.07, 6.45) is 5.72. The third kappa shape index (κ3) is 3.95. The maximum absolute atomic E-state index is 13.5. The van der Waals surface area contributed by atoms with Crippen molar-refractivity contribution in [3.8, 4) is 22.3 Å². The van der Waals surface area contributed by atoms with E-state index in [0.29, 0.717) is 22.3 Å². The number of hydrogen-bond donors (Lipinski definition) is 0. The van der Waals surface area contributed by atoms with Gasteiger partial charge in [0, 0.05) is 17.4 Å². The third-order valence-electron chi connectivity index (χ3n) is 4.68. The van der Waals surface area contributed by atoms with Gasteiger partial charge in [0.15, 0.2) is 9.84 Å². The number of rotatable bonds is 5. The van der Waals surface area contributed by atoms with Crippen LogP contribution in [-0.4, -0.2) is 24.5 Å². The summed E-state index contributed by atoms with van der Waals surface area (Å²) in [4.78, 5) is 13.5. The SMILES string of the molecule is CS(=O)(=O)c1ccc(-c2cnn(Cc3ccoc3)c(=O)c2-c2ccc(F)cc2)cc1. The molecule has 0 bridgehead atoms. The Morgan fingerprint density at radius 2 is 1.67 bits per heavy atom. The second-order valence-electron chi connectivity index (χ2n) is 6.83. The quantitative estimate of drug-likeness (QED) is 0.487. The Morgan fingerprint density at radius 1 is 1.00 bits per heavy atom. The highest BCUT2D eigenvalue weighted by Gasteiger charge is 2.17. The average Bonchev–Trinajstić information content (AvgIpc) is 3.23. The zero-order valence-electron chi connectivity index (χ0n) is 15.9. The largest absolute Gasteiger partial charge is 0.472 e. The Hall–Kier alpha value is -3.52. The second kappa shape index (κ2) is 7.72. The maximum Gasteiger partial charge on any atom is 0.275 e. The van der Waals surface area contributed by atoms with Gasteiger partial charge in [0.05, 0.1) is 35.7 Å². The molecule has 0 unspecified atom stereocenters. The standard InChI is InChI=1S/C22H17FN2O4S/c1-30(27,28)19-8-4-16(5-9-19)20-12-24-25(13-15-10-11-29-14-15)22(26)21(20)17-2-6-18(23)7-3-17/h2-12,14H,13H2,1H3. The minimum atomic E-state index is -3.34. The van der Waals surface area contributed by atoms with Crippen molar-refractivity contribution in [2.75, 3.05) is 6.26 Å². The highest BCUT2D eigenvalue weighted by atomic mass is 32.2. The van der Waals surface area contributed by atoms with Crippen molar-refractivity contribution in [3.05, 3.63) is 95.1 Å². The van der Waals surface area contributed by atoms with Crippen LogP contribution in [0.25, 0.3) is 22.3 Å². The van der Waals surface area contributed by atoms with Crippen molar-refractivity contribution in [2.24, 2.45) is 0 Å². The Balaban J connectivity index is 1.88. The number of nitrogens with zero attached hydrogens (tertiary/aromatic N) is 2. The van der Waals surface area contributed by atoms with Gasteiger partial charge in [-0.1, -0.05) is 24.3 Å². The van der Waals surface area contributed by atoms with Gasteiger partial charge in [-0.25, -0.2) is 17.5 Å². The van der Waals surface area contributed by atoms with E-state index in [1.165, 1.54) is 53.6 Å². The fourth-order valence-corrected chi connectivity index (χ4v) is 3.78. The lowest BCUT2D eigenvalue weighted by atomic mass is 9.97. The van der Waals surface area contributed by atoms with Gasteiger partial charge in [0.1, 0.15) is 5.82 Å². The lowest BCUT2D eigenvalue weighted by Gasteiger charge is -2.13. The van der Waals surface area contributed by atoms with Crippen LogP contribution in [0.4, 0.5) is 4.39 Å². The van der Waals surface area contributed by atoms with Gasteiger partial charge in [-0.2, -0.15) is 5.10 Å². The molecule has 30 heavy (non-hydrogen) atoms. The van der Waals surface area contributed by atoms with Gasteiger partial charge < -0.3 is 4.42 Å². The molecule has 4 rings (SSSR count). The Labute approximate surface area is 172 Å². The monoisotopic (exact) mass is 424 g/mol. The molecule has 0 fully saturated rings. The van der Waals surface area contributed by atoms with Crippen molar-refractivity contribution in [1.82, 2.24) is 9.78 Å². The molecule has 152 valence electrons. The van der Waals surface area contributed by atoms with Crippen LogP contribution in [-0.2, 0) is 16.4 Å². The summed E-state index contributed by atoms with van der Waals surface area (Å²) in [5.41, 5.74) is 2.46. The van der Waals surface area contributed by atoms with Crippen LogP contribution in [0.1, 0.15) is 5.56 Å². The van der Waals surface area contributed by atoms with Gasteiger partial charge in [0.2, 0.25) is 0 Å². The molecule has 8 heteroatoms. The molecule has 0 N–H and O–H groups in total. The molecule has 2 heterocycles. The first-order valence-corrected chi connectivity index (χ1v) is 10.9. The van der Waals surface area contributed by atoms with Crippen LogP contribution in [0.2, 0.25) is 0 Å². The minimum absolute atomic E-state index is 0.177. The van der Waals surface area contributed by atoms with Crippen LogP contribution in [0, 0.1) is 5.82 Å². The molecular formula is C22H17FN2O4S. The summed E-state index contributed by atoms with van der Waals surface area (Å²) >= 11 is 0. The zero-order valence-corrected chi connectivity index (χ0v) is 16.8. The summed E-state index contributed by atoms with van der Waals surface area (Å²) in [6.45, 7) is 0.219. The molecule has 2 aromatic heterocycles. The van der Waals surface area contributed by atoms with E-state index in [-0.39, 0.29) is 17.0 Å². The van der Waals surface area contributed by atoms with E-state index in [9.17, 15) is 17.6 Å².